The van der Waals surface area contributed by atoms with Gasteiger partial charge < -0.3 is 44.4 Å². The van der Waals surface area contributed by atoms with Gasteiger partial charge in [0.1, 0.15) is 66.8 Å². The van der Waals surface area contributed by atoms with Crippen molar-refractivity contribution in [3.05, 3.63) is 234 Å². The van der Waals surface area contributed by atoms with Crippen molar-refractivity contribution in [3.63, 3.8) is 0 Å². The first-order valence-electron chi connectivity index (χ1n) is 40.5. The molecule has 1 amide bonds. The second-order valence-electron chi connectivity index (χ2n) is 31.5. The van der Waals surface area contributed by atoms with E-state index in [9.17, 15) is 93.3 Å². The third-order valence-electron chi connectivity index (χ3n) is 21.1. The van der Waals surface area contributed by atoms with Crippen molar-refractivity contribution in [1.29, 1.82) is 0 Å². The lowest BCUT2D eigenvalue weighted by Crippen LogP contribution is -2.37. The summed E-state index contributed by atoms with van der Waals surface area (Å²) in [4.78, 5) is 40.8. The van der Waals surface area contributed by atoms with E-state index in [4.69, 9.17) is 19.2 Å². The molecule has 702 valence electrons. The maximum absolute atomic E-state index is 14.2. The summed E-state index contributed by atoms with van der Waals surface area (Å²) in [7, 11) is -9.64. The molecule has 133 heavy (non-hydrogen) atoms. The molecule has 32 nitrogen and oxygen atoms in total. The number of aromatic nitrogens is 10. The number of phenolic OH excluding ortho intramolecular Hbond substituents is 3. The highest BCUT2D eigenvalue weighted by molar-refractivity contribution is 7.90. The van der Waals surface area contributed by atoms with Gasteiger partial charge >= 0.3 is 12.2 Å². The number of primary sulfonamides is 1. The van der Waals surface area contributed by atoms with Crippen LogP contribution in [0.3, 0.4) is 0 Å². The highest BCUT2D eigenvalue weighted by Gasteiger charge is 2.35. The molecule has 0 spiro atoms. The monoisotopic (exact) mass is 1920 g/mol. The van der Waals surface area contributed by atoms with E-state index in [-0.39, 0.29) is 80.2 Å². The van der Waals surface area contributed by atoms with Gasteiger partial charge in [-0.1, -0.05) is 0 Å². The number of sulfonamides is 3. The molecular weight excluding hydrogens is 1830 g/mol. The summed E-state index contributed by atoms with van der Waals surface area (Å²) in [5, 5.41) is 36.1. The van der Waals surface area contributed by atoms with Crippen LogP contribution in [0.5, 0.6) is 23.3 Å². The predicted molar refractivity (Wildman–Crippen MR) is 482 cm³/mol. The molecule has 1 saturated heterocycles. The molecule has 2 aliphatic rings. The van der Waals surface area contributed by atoms with Crippen LogP contribution in [-0.2, 0) is 51.1 Å². The number of alkyl halides is 3. The minimum atomic E-state index is -4.74. The van der Waals surface area contributed by atoms with Gasteiger partial charge in [-0.15, -0.1) is 0 Å². The lowest BCUT2D eigenvalue weighted by molar-refractivity contribution is -0.137. The van der Waals surface area contributed by atoms with Crippen LogP contribution >= 0.6 is 0 Å². The third-order valence-corrected chi connectivity index (χ3v) is 25.0. The van der Waals surface area contributed by atoms with Gasteiger partial charge in [-0.05, 0) is 225 Å². The SMILES string of the molecule is CC(C)N(C)c1nc2cc(C(=O)NS(C)(=O)=O)c(O)cc2n1-c1ccc(F)cc1.CC(C)Oc1nc2cc(S(=O)(=O)O)c(F)cc2n1-c1ccc(F)cc1.CN(c1nc2cc(C(F)(F)F)ccc2n1-c1ccc(F)cc1)C1CC1.CNS(=O)(=O)c1cc2nc(N(C)C(C)C)n(-c3ccc(F)cc3)c2cc1O.NS(=O)(=O)c1cc2nc(N3CCOCC3)n(-c3ccc(F)cc3)c2cc1O. The molecule has 0 atom stereocenters. The minimum absolute atomic E-state index is 0.0765. The number of halogens is 9. The number of imidazole rings is 5. The van der Waals surface area contributed by atoms with Crippen molar-refractivity contribution in [2.45, 2.75) is 99.5 Å². The van der Waals surface area contributed by atoms with Gasteiger partial charge in [0.2, 0.25) is 53.9 Å². The Morgan fingerprint density at radius 3 is 1.30 bits per heavy atom. The number of fused-ring (bicyclic) bond motifs is 5. The van der Waals surface area contributed by atoms with Gasteiger partial charge in [-0.2, -0.15) is 26.6 Å². The highest BCUT2D eigenvalue weighted by atomic mass is 32.2. The summed E-state index contributed by atoms with van der Waals surface area (Å²) in [5.74, 6) is -3.13. The Morgan fingerprint density at radius 2 is 0.872 bits per heavy atom. The Morgan fingerprint density at radius 1 is 0.489 bits per heavy atom. The Balaban J connectivity index is 0.000000141. The zero-order valence-electron chi connectivity index (χ0n) is 72.6. The molecule has 10 aromatic carbocycles. The maximum Gasteiger partial charge on any atom is 0.416 e. The summed E-state index contributed by atoms with van der Waals surface area (Å²) < 4.78 is 245. The number of carbonyl (C=O) groups is 1. The molecule has 6 heterocycles. The van der Waals surface area contributed by atoms with E-state index >= 15 is 0 Å². The van der Waals surface area contributed by atoms with Crippen LogP contribution in [0, 0.1) is 34.9 Å². The fourth-order valence-electron chi connectivity index (χ4n) is 14.0. The molecule has 5 aromatic heterocycles. The number of aromatic hydroxyl groups is 3. The van der Waals surface area contributed by atoms with Crippen molar-refractivity contribution >= 4 is 125 Å². The molecule has 45 heteroatoms. The van der Waals surface area contributed by atoms with Crippen LogP contribution < -0.4 is 38.9 Å². The van der Waals surface area contributed by atoms with E-state index in [1.807, 2.05) is 73.2 Å². The zero-order chi connectivity index (χ0) is 96.7. The lowest BCUT2D eigenvalue weighted by atomic mass is 10.1. The quantitative estimate of drug-likeness (QED) is 0.0275. The van der Waals surface area contributed by atoms with Gasteiger partial charge in [-0.3, -0.25) is 32.2 Å². The first-order chi connectivity index (χ1) is 62.5. The van der Waals surface area contributed by atoms with Crippen molar-refractivity contribution < 1.29 is 107 Å². The highest BCUT2D eigenvalue weighted by Crippen LogP contribution is 2.41. The smallest absolute Gasteiger partial charge is 0.416 e. The molecule has 2 fully saturated rings. The van der Waals surface area contributed by atoms with Crippen LogP contribution in [0.25, 0.3) is 83.6 Å². The fraction of sp³-hybridized carbons (Fsp3) is 0.250. The Kier molecular flexibility index (Phi) is 27.9. The second kappa shape index (κ2) is 38.3. The number of morpholine rings is 1. The summed E-state index contributed by atoms with van der Waals surface area (Å²) in [6.45, 7) is 13.7. The van der Waals surface area contributed by atoms with Crippen LogP contribution in [0.2, 0.25) is 0 Å². The van der Waals surface area contributed by atoms with Gasteiger partial charge in [0.15, 0.2) is 0 Å². The van der Waals surface area contributed by atoms with E-state index in [1.54, 1.807) is 80.6 Å². The normalized spacial score (nSPS) is 13.2. The van der Waals surface area contributed by atoms with E-state index in [0.717, 1.165) is 43.4 Å². The molecule has 0 radical (unpaired) electrons. The number of hydrogen-bond acceptors (Lipinski definition) is 23. The zero-order valence-corrected chi connectivity index (χ0v) is 75.9. The number of carbonyl (C=O) groups excluding carboxylic acids is 1. The predicted octanol–water partition coefficient (Wildman–Crippen LogP) is 14.5. The first-order valence-corrected chi connectivity index (χ1v) is 46.9. The van der Waals surface area contributed by atoms with Crippen LogP contribution in [0.4, 0.5) is 63.3 Å². The summed E-state index contributed by atoms with van der Waals surface area (Å²) >= 11 is 0. The third kappa shape index (κ3) is 21.6. The number of rotatable bonds is 20. The molecule has 15 aromatic rings. The fourth-order valence-corrected chi connectivity index (χ4v) is 16.5. The van der Waals surface area contributed by atoms with Crippen molar-refractivity contribution in [2.24, 2.45) is 5.14 Å². The number of nitrogens with one attached hydrogen (secondary N) is 2. The first kappa shape index (κ1) is 97.0. The van der Waals surface area contributed by atoms with E-state index in [0.29, 0.717) is 123 Å². The topological polar surface area (TPSA) is 405 Å². The number of benzene rings is 10. The number of phenols is 3. The summed E-state index contributed by atoms with van der Waals surface area (Å²) in [5.41, 5.74) is 5.78. The Bertz CT molecular complexity index is 7390. The number of amides is 1. The second-order valence-corrected chi connectivity index (χ2v) is 38.0. The van der Waals surface area contributed by atoms with Gasteiger partial charge in [0.25, 0.3) is 16.0 Å². The van der Waals surface area contributed by atoms with E-state index < -0.39 is 90.8 Å². The number of ether oxygens (including phenoxy) is 2. The molecule has 0 unspecified atom stereocenters. The van der Waals surface area contributed by atoms with Crippen LogP contribution in [-0.4, -0.2) is 192 Å². The van der Waals surface area contributed by atoms with Crippen molar-refractivity contribution in [1.82, 2.24) is 57.2 Å². The Labute approximate surface area is 756 Å². The number of hydrogen-bond donors (Lipinski definition) is 7. The summed E-state index contributed by atoms with van der Waals surface area (Å²) in [6.07, 6.45) is -1.79. The molecule has 1 aliphatic heterocycles. The Hall–Kier alpha value is -13.6. The average molecular weight is 1920 g/mol. The molecule has 1 aliphatic carbocycles. The maximum atomic E-state index is 14.2. The van der Waals surface area contributed by atoms with Crippen LogP contribution in [0.15, 0.2) is 203 Å². The van der Waals surface area contributed by atoms with Crippen molar-refractivity contribution in [2.75, 3.05) is 80.3 Å². The molecule has 0 bridgehead atoms. The number of nitrogens with zero attached hydrogens (tertiary/aromatic N) is 14. The minimum Gasteiger partial charge on any atom is -0.507 e. The standard InChI is InChI=1S/C19H21FN4O4S.C18H15F4N3.C18H21FN4O3S.C17H17FN4O4S.C16H14F2N2O4S/c1-11(2)23(3)19-21-15-9-14(18(26)22-29(4,27)28)17(25)10-16(15)24(19)13-7-5-12(20)6-8-13;1-24(13-7-8-13)17-23-15-10-11(18(20,21)22)2-9-16(15)25(17)14-5-3-12(19)4-6-14;1-11(2)22(4)18-21-14-9-17(27(25,26)20-3)16(24)10-15(14)23(18)13-7-5-12(19)6-8-13;18-11-1-3-12(4-2-11)22-14-10-15(23)16(27(19,24)25)9-13(14)20-17(22)21-5-7-26-8-6-21;1-9(2)24-16-19-13-8-15(25(21,22)23)12(18)7-14(13)20(16)11-5-3-10(17)4-6-11/h5-11,25H,1-4H3,(H,22,26);2-6,9-10,13H,7-8H2,1H3;5-11,20,24H,1-4H3;1-4,9-10,23H,5-8H2,(H2,19,24,25);3-9H,1-2H3,(H,21,22,23). The van der Waals surface area contributed by atoms with Crippen molar-refractivity contribution in [3.8, 4) is 51.7 Å². The average Bonchev–Trinajstić information content (AvgIpc) is 1.65. The molecule has 8 N–H and O–H groups in total. The van der Waals surface area contributed by atoms with E-state index in [1.165, 1.54) is 127 Å². The lowest BCUT2D eigenvalue weighted by Gasteiger charge is -2.28. The molecular formula is C88H88F9N17O15S4. The van der Waals surface area contributed by atoms with E-state index in [2.05, 4.69) is 29.6 Å². The van der Waals surface area contributed by atoms with Gasteiger partial charge in [-0.25, -0.2) is 86.1 Å². The number of nitrogens with two attached hydrogens (primary N) is 1. The van der Waals surface area contributed by atoms with Gasteiger partial charge in [0, 0.05) is 99.4 Å². The van der Waals surface area contributed by atoms with Gasteiger partial charge in [0.05, 0.1) is 97.6 Å². The summed E-state index contributed by atoms with van der Waals surface area (Å²) in [6, 6.07) is 42.5. The molecule has 1 saturated carbocycles. The number of anilines is 4. The molecule has 17 rings (SSSR count). The largest absolute Gasteiger partial charge is 0.507 e. The van der Waals surface area contributed by atoms with Crippen LogP contribution in [0.1, 0.15) is 70.3 Å².